The SMILES string of the molecule is N#Cc1ccc(CNC(=O)/C=C/c2cnc3ccccc3n2)cc1. The van der Waals surface area contributed by atoms with E-state index in [1.165, 1.54) is 6.08 Å². The van der Waals surface area contributed by atoms with E-state index in [0.717, 1.165) is 16.6 Å². The van der Waals surface area contributed by atoms with E-state index in [1.807, 2.05) is 36.4 Å². The number of hydrogen-bond donors (Lipinski definition) is 1. The van der Waals surface area contributed by atoms with Gasteiger partial charge in [0.1, 0.15) is 0 Å². The van der Waals surface area contributed by atoms with Crippen LogP contribution in [0.3, 0.4) is 0 Å². The Labute approximate surface area is 139 Å². The molecule has 5 heteroatoms. The van der Waals surface area contributed by atoms with E-state index >= 15 is 0 Å². The molecule has 1 aromatic heterocycles. The van der Waals surface area contributed by atoms with Crippen LogP contribution >= 0.6 is 0 Å². The van der Waals surface area contributed by atoms with Crippen molar-refractivity contribution >= 4 is 23.0 Å². The molecule has 5 nitrogen and oxygen atoms in total. The lowest BCUT2D eigenvalue weighted by molar-refractivity contribution is -0.116. The average molecular weight is 314 g/mol. The number of carbonyl (C=O) groups is 1. The zero-order chi connectivity index (χ0) is 16.8. The predicted octanol–water partition coefficient (Wildman–Crippen LogP) is 2.83. The summed E-state index contributed by atoms with van der Waals surface area (Å²) >= 11 is 0. The van der Waals surface area contributed by atoms with E-state index in [4.69, 9.17) is 5.26 Å². The number of para-hydroxylation sites is 2. The number of aromatic nitrogens is 2. The third-order valence-corrected chi connectivity index (χ3v) is 3.42. The normalized spacial score (nSPS) is 10.6. The van der Waals surface area contributed by atoms with E-state index < -0.39 is 0 Å². The Hall–Kier alpha value is -3.52. The first-order valence-electron chi connectivity index (χ1n) is 7.41. The zero-order valence-electron chi connectivity index (χ0n) is 12.8. The summed E-state index contributed by atoms with van der Waals surface area (Å²) in [6, 6.07) is 16.7. The topological polar surface area (TPSA) is 78.7 Å². The van der Waals surface area contributed by atoms with Crippen LogP contribution in [0.4, 0.5) is 0 Å². The summed E-state index contributed by atoms with van der Waals surface area (Å²) in [6.45, 7) is 0.401. The quantitative estimate of drug-likeness (QED) is 0.751. The Morgan fingerprint density at radius 2 is 1.88 bits per heavy atom. The molecular weight excluding hydrogens is 300 g/mol. The molecule has 0 fully saturated rings. The van der Waals surface area contributed by atoms with Gasteiger partial charge in [0.15, 0.2) is 0 Å². The molecule has 1 amide bonds. The Balaban J connectivity index is 1.60. The van der Waals surface area contributed by atoms with E-state index in [0.29, 0.717) is 17.8 Å². The molecule has 116 valence electrons. The van der Waals surface area contributed by atoms with Crippen LogP contribution in [0.15, 0.2) is 60.8 Å². The Kier molecular flexibility index (Phi) is 4.59. The van der Waals surface area contributed by atoms with Crippen LogP contribution < -0.4 is 5.32 Å². The number of rotatable bonds is 4. The van der Waals surface area contributed by atoms with Crippen molar-refractivity contribution in [1.29, 1.82) is 5.26 Å². The molecule has 0 atom stereocenters. The summed E-state index contributed by atoms with van der Waals surface area (Å²) in [5.41, 5.74) is 3.76. The highest BCUT2D eigenvalue weighted by Crippen LogP contribution is 2.09. The Bertz CT molecular complexity index is 939. The van der Waals surface area contributed by atoms with Gasteiger partial charge < -0.3 is 5.32 Å². The summed E-state index contributed by atoms with van der Waals surface area (Å²) in [4.78, 5) is 20.6. The first-order valence-corrected chi connectivity index (χ1v) is 7.41. The Morgan fingerprint density at radius 3 is 2.62 bits per heavy atom. The third kappa shape index (κ3) is 3.81. The molecule has 0 aliphatic carbocycles. The molecule has 24 heavy (non-hydrogen) atoms. The van der Waals surface area contributed by atoms with Gasteiger partial charge in [0.25, 0.3) is 0 Å². The number of fused-ring (bicyclic) bond motifs is 1. The van der Waals surface area contributed by atoms with Crippen LogP contribution in [0, 0.1) is 11.3 Å². The molecule has 3 aromatic rings. The maximum absolute atomic E-state index is 11.9. The monoisotopic (exact) mass is 314 g/mol. The molecule has 0 saturated heterocycles. The van der Waals surface area contributed by atoms with Crippen LogP contribution in [0.5, 0.6) is 0 Å². The molecule has 0 unspecified atom stereocenters. The highest BCUT2D eigenvalue weighted by molar-refractivity contribution is 5.91. The van der Waals surface area contributed by atoms with Gasteiger partial charge in [-0.15, -0.1) is 0 Å². The van der Waals surface area contributed by atoms with Gasteiger partial charge in [-0.3, -0.25) is 9.78 Å². The summed E-state index contributed by atoms with van der Waals surface area (Å²) in [7, 11) is 0. The summed E-state index contributed by atoms with van der Waals surface area (Å²) in [6.07, 6.45) is 4.70. The first kappa shape index (κ1) is 15.4. The van der Waals surface area contributed by atoms with Crippen molar-refractivity contribution in [1.82, 2.24) is 15.3 Å². The average Bonchev–Trinajstić information content (AvgIpc) is 2.65. The summed E-state index contributed by atoms with van der Waals surface area (Å²) in [5.74, 6) is -0.214. The largest absolute Gasteiger partial charge is 0.348 e. The molecule has 2 aromatic carbocycles. The second-order valence-electron chi connectivity index (χ2n) is 5.14. The molecule has 0 radical (unpaired) electrons. The van der Waals surface area contributed by atoms with Gasteiger partial charge in [-0.1, -0.05) is 24.3 Å². The van der Waals surface area contributed by atoms with E-state index in [2.05, 4.69) is 21.4 Å². The molecule has 1 heterocycles. The zero-order valence-corrected chi connectivity index (χ0v) is 12.8. The van der Waals surface area contributed by atoms with Crippen molar-refractivity contribution in [3.05, 3.63) is 77.6 Å². The molecular formula is C19H14N4O. The second-order valence-corrected chi connectivity index (χ2v) is 5.14. The molecule has 0 saturated carbocycles. The van der Waals surface area contributed by atoms with Crippen molar-refractivity contribution < 1.29 is 4.79 Å². The molecule has 0 aliphatic rings. The highest BCUT2D eigenvalue weighted by Gasteiger charge is 1.99. The van der Waals surface area contributed by atoms with Gasteiger partial charge in [-0.25, -0.2) is 4.98 Å². The lowest BCUT2D eigenvalue weighted by Crippen LogP contribution is -2.20. The lowest BCUT2D eigenvalue weighted by Gasteiger charge is -2.02. The maximum atomic E-state index is 11.9. The molecule has 0 bridgehead atoms. The lowest BCUT2D eigenvalue weighted by atomic mass is 10.1. The third-order valence-electron chi connectivity index (χ3n) is 3.42. The standard InChI is InChI=1S/C19H14N4O/c20-11-14-5-7-15(8-6-14)12-22-19(24)10-9-16-13-21-17-3-1-2-4-18(17)23-16/h1-10,13H,12H2,(H,22,24)/b10-9+. The predicted molar refractivity (Wildman–Crippen MR) is 91.6 cm³/mol. The maximum Gasteiger partial charge on any atom is 0.244 e. The van der Waals surface area contributed by atoms with Crippen molar-refractivity contribution in [2.75, 3.05) is 0 Å². The molecule has 0 spiro atoms. The van der Waals surface area contributed by atoms with Crippen LogP contribution in [-0.2, 0) is 11.3 Å². The van der Waals surface area contributed by atoms with Crippen molar-refractivity contribution in [3.8, 4) is 6.07 Å². The fourth-order valence-corrected chi connectivity index (χ4v) is 2.16. The van der Waals surface area contributed by atoms with Gasteiger partial charge in [-0.05, 0) is 35.9 Å². The fraction of sp³-hybridized carbons (Fsp3) is 0.0526. The van der Waals surface area contributed by atoms with E-state index in [1.54, 1.807) is 24.4 Å². The minimum absolute atomic E-state index is 0.214. The summed E-state index contributed by atoms with van der Waals surface area (Å²) in [5, 5.41) is 11.5. The fourth-order valence-electron chi connectivity index (χ4n) is 2.16. The summed E-state index contributed by atoms with van der Waals surface area (Å²) < 4.78 is 0. The highest BCUT2D eigenvalue weighted by atomic mass is 16.1. The number of nitrogens with zero attached hydrogens (tertiary/aromatic N) is 3. The van der Waals surface area contributed by atoms with Gasteiger partial charge >= 0.3 is 0 Å². The van der Waals surface area contributed by atoms with Crippen molar-refractivity contribution in [3.63, 3.8) is 0 Å². The minimum atomic E-state index is -0.214. The van der Waals surface area contributed by atoms with E-state index in [-0.39, 0.29) is 5.91 Å². The molecule has 0 aliphatic heterocycles. The van der Waals surface area contributed by atoms with Crippen LogP contribution in [0.2, 0.25) is 0 Å². The number of amides is 1. The van der Waals surface area contributed by atoms with Gasteiger partial charge in [-0.2, -0.15) is 5.26 Å². The number of benzene rings is 2. The number of nitrogens with one attached hydrogen (secondary N) is 1. The number of carbonyl (C=O) groups excluding carboxylic acids is 1. The number of nitriles is 1. The molecule has 3 rings (SSSR count). The smallest absolute Gasteiger partial charge is 0.244 e. The van der Waals surface area contributed by atoms with Gasteiger partial charge in [0, 0.05) is 12.6 Å². The van der Waals surface area contributed by atoms with Gasteiger partial charge in [0.05, 0.1) is 34.6 Å². The van der Waals surface area contributed by atoms with E-state index in [9.17, 15) is 4.79 Å². The van der Waals surface area contributed by atoms with Crippen LogP contribution in [0.25, 0.3) is 17.1 Å². The molecule has 1 N–H and O–H groups in total. The minimum Gasteiger partial charge on any atom is -0.348 e. The first-order chi connectivity index (χ1) is 11.7. The van der Waals surface area contributed by atoms with Crippen molar-refractivity contribution in [2.45, 2.75) is 6.54 Å². The Morgan fingerprint density at radius 1 is 1.12 bits per heavy atom. The van der Waals surface area contributed by atoms with Gasteiger partial charge in [0.2, 0.25) is 5.91 Å². The number of hydrogen-bond acceptors (Lipinski definition) is 4. The second kappa shape index (κ2) is 7.16. The van der Waals surface area contributed by atoms with Crippen LogP contribution in [0.1, 0.15) is 16.8 Å². The van der Waals surface area contributed by atoms with Crippen LogP contribution in [-0.4, -0.2) is 15.9 Å². The van der Waals surface area contributed by atoms with Crippen molar-refractivity contribution in [2.24, 2.45) is 0 Å².